The number of anilines is 1. The maximum absolute atomic E-state index is 4.51. The second-order valence-electron chi connectivity index (χ2n) is 6.84. The molecule has 1 fully saturated rings. The van der Waals surface area contributed by atoms with Gasteiger partial charge in [-0.25, -0.2) is 0 Å². The van der Waals surface area contributed by atoms with Crippen molar-refractivity contribution >= 4 is 11.6 Å². The van der Waals surface area contributed by atoms with Gasteiger partial charge in [0.1, 0.15) is 0 Å². The number of guanidine groups is 1. The molecule has 2 aliphatic rings. The minimum Gasteiger partial charge on any atom is -0.368 e. The Morgan fingerprint density at radius 2 is 1.72 bits per heavy atom. The third kappa shape index (κ3) is 3.34. The van der Waals surface area contributed by atoms with Crippen molar-refractivity contribution in [3.63, 3.8) is 0 Å². The Morgan fingerprint density at radius 1 is 1.00 bits per heavy atom. The molecule has 4 nitrogen and oxygen atoms in total. The maximum atomic E-state index is 4.51. The van der Waals surface area contributed by atoms with E-state index in [0.717, 1.165) is 38.7 Å². The van der Waals surface area contributed by atoms with E-state index in [4.69, 9.17) is 0 Å². The number of para-hydroxylation sites is 1. The van der Waals surface area contributed by atoms with Gasteiger partial charge in [-0.2, -0.15) is 0 Å². The highest BCUT2D eigenvalue weighted by Gasteiger charge is 2.26. The zero-order valence-electron chi connectivity index (χ0n) is 14.9. The molecule has 1 heterocycles. The van der Waals surface area contributed by atoms with Crippen molar-refractivity contribution in [3.8, 4) is 0 Å². The average Bonchev–Trinajstić information content (AvgIpc) is 2.66. The number of aliphatic imine (C=N–C) groups is 1. The van der Waals surface area contributed by atoms with Gasteiger partial charge in [0.05, 0.1) is 0 Å². The first-order valence-electron chi connectivity index (χ1n) is 9.18. The summed E-state index contributed by atoms with van der Waals surface area (Å²) in [5.74, 6) is 1.66. The van der Waals surface area contributed by atoms with Crippen LogP contribution in [0, 0.1) is 0 Å². The molecule has 1 saturated heterocycles. The van der Waals surface area contributed by atoms with Crippen molar-refractivity contribution in [3.05, 3.63) is 65.7 Å². The first kappa shape index (κ1) is 16.0. The highest BCUT2D eigenvalue weighted by Crippen LogP contribution is 2.34. The number of hydrogen-bond acceptors (Lipinski definition) is 2. The number of piperazine rings is 1. The minimum atomic E-state index is 0.624. The molecule has 0 amide bonds. The van der Waals surface area contributed by atoms with Crippen LogP contribution in [0.25, 0.3) is 0 Å². The van der Waals surface area contributed by atoms with Crippen molar-refractivity contribution in [2.75, 3.05) is 44.7 Å². The van der Waals surface area contributed by atoms with Crippen molar-refractivity contribution in [2.24, 2.45) is 4.99 Å². The fourth-order valence-corrected chi connectivity index (χ4v) is 3.91. The molecule has 1 unspecified atom stereocenters. The summed E-state index contributed by atoms with van der Waals surface area (Å²) in [6.45, 7) is 5.07. The van der Waals surface area contributed by atoms with Gasteiger partial charge in [-0.3, -0.25) is 4.99 Å². The van der Waals surface area contributed by atoms with Gasteiger partial charge in [-0.1, -0.05) is 42.5 Å². The number of rotatable bonds is 3. The quantitative estimate of drug-likeness (QED) is 0.692. The summed E-state index contributed by atoms with van der Waals surface area (Å²) in [4.78, 5) is 9.34. The number of benzene rings is 2. The molecule has 2 aromatic rings. The zero-order valence-corrected chi connectivity index (χ0v) is 14.9. The van der Waals surface area contributed by atoms with E-state index in [2.05, 4.69) is 74.7 Å². The van der Waals surface area contributed by atoms with Crippen LogP contribution in [-0.2, 0) is 6.42 Å². The second kappa shape index (κ2) is 7.18. The Kier molecular flexibility index (Phi) is 4.59. The second-order valence-corrected chi connectivity index (χ2v) is 6.84. The van der Waals surface area contributed by atoms with Crippen LogP contribution in [0.2, 0.25) is 0 Å². The van der Waals surface area contributed by atoms with E-state index in [-0.39, 0.29) is 0 Å². The van der Waals surface area contributed by atoms with Gasteiger partial charge >= 0.3 is 0 Å². The summed E-state index contributed by atoms with van der Waals surface area (Å²) in [6.07, 6.45) is 1.18. The zero-order chi connectivity index (χ0) is 17.1. The van der Waals surface area contributed by atoms with Crippen LogP contribution in [0.1, 0.15) is 17.0 Å². The molecular formula is C21H26N4. The van der Waals surface area contributed by atoms with Crippen LogP contribution < -0.4 is 10.2 Å². The molecule has 4 heteroatoms. The van der Waals surface area contributed by atoms with Gasteiger partial charge in [0.15, 0.2) is 5.96 Å². The molecule has 0 spiro atoms. The molecule has 1 aliphatic heterocycles. The first-order chi connectivity index (χ1) is 12.3. The lowest BCUT2D eigenvalue weighted by molar-refractivity contribution is 0.370. The number of nitrogens with one attached hydrogen (secondary N) is 1. The lowest BCUT2D eigenvalue weighted by Crippen LogP contribution is -2.53. The van der Waals surface area contributed by atoms with E-state index in [0.29, 0.717) is 5.92 Å². The molecule has 1 atom stereocenters. The summed E-state index contributed by atoms with van der Waals surface area (Å²) in [7, 11) is 1.89. The van der Waals surface area contributed by atoms with E-state index in [9.17, 15) is 0 Å². The monoisotopic (exact) mass is 334 g/mol. The van der Waals surface area contributed by atoms with E-state index >= 15 is 0 Å². The van der Waals surface area contributed by atoms with Gasteiger partial charge in [-0.05, 0) is 29.7 Å². The van der Waals surface area contributed by atoms with Crippen LogP contribution in [0.5, 0.6) is 0 Å². The van der Waals surface area contributed by atoms with Crippen LogP contribution >= 0.6 is 0 Å². The lowest BCUT2D eigenvalue weighted by atomic mass is 9.78. The van der Waals surface area contributed by atoms with Crippen LogP contribution in [-0.4, -0.2) is 50.6 Å². The summed E-state index contributed by atoms with van der Waals surface area (Å²) < 4.78 is 0. The molecule has 25 heavy (non-hydrogen) atoms. The first-order valence-corrected chi connectivity index (χ1v) is 9.18. The predicted molar refractivity (Wildman–Crippen MR) is 104 cm³/mol. The molecule has 0 bridgehead atoms. The fourth-order valence-electron chi connectivity index (χ4n) is 3.91. The summed E-state index contributed by atoms with van der Waals surface area (Å²) in [5.41, 5.74) is 4.32. The Hall–Kier alpha value is -2.49. The van der Waals surface area contributed by atoms with Gasteiger partial charge in [0.25, 0.3) is 0 Å². The summed E-state index contributed by atoms with van der Waals surface area (Å²) in [6, 6.07) is 19.4. The van der Waals surface area contributed by atoms with E-state index in [1.807, 2.05) is 7.05 Å². The molecular weight excluding hydrogens is 308 g/mol. The van der Waals surface area contributed by atoms with Crippen LogP contribution in [0.4, 0.5) is 5.69 Å². The predicted octanol–water partition coefficient (Wildman–Crippen LogP) is 2.72. The van der Waals surface area contributed by atoms with Crippen molar-refractivity contribution in [1.29, 1.82) is 0 Å². The molecule has 1 aliphatic carbocycles. The normalized spacial score (nSPS) is 20.0. The Labute approximate surface area is 150 Å². The van der Waals surface area contributed by atoms with Crippen molar-refractivity contribution in [2.45, 2.75) is 12.3 Å². The van der Waals surface area contributed by atoms with Gasteiger partial charge in [0.2, 0.25) is 0 Å². The smallest absolute Gasteiger partial charge is 0.193 e. The third-order valence-electron chi connectivity index (χ3n) is 5.38. The Bertz CT molecular complexity index is 733. The van der Waals surface area contributed by atoms with Crippen molar-refractivity contribution < 1.29 is 0 Å². The van der Waals surface area contributed by atoms with Crippen molar-refractivity contribution in [1.82, 2.24) is 10.2 Å². The molecule has 0 aromatic heterocycles. The number of nitrogens with zero attached hydrogens (tertiary/aromatic N) is 3. The van der Waals surface area contributed by atoms with Crippen LogP contribution in [0.15, 0.2) is 59.6 Å². The topological polar surface area (TPSA) is 30.9 Å². The van der Waals surface area contributed by atoms with E-state index in [1.165, 1.54) is 23.2 Å². The Morgan fingerprint density at radius 3 is 2.44 bits per heavy atom. The highest BCUT2D eigenvalue weighted by atomic mass is 15.3. The molecule has 4 rings (SSSR count). The molecule has 2 aromatic carbocycles. The molecule has 0 saturated carbocycles. The summed E-state index contributed by atoms with van der Waals surface area (Å²) >= 11 is 0. The fraction of sp³-hybridized carbons (Fsp3) is 0.381. The van der Waals surface area contributed by atoms with E-state index in [1.54, 1.807) is 0 Å². The largest absolute Gasteiger partial charge is 0.368 e. The highest BCUT2D eigenvalue weighted by molar-refractivity contribution is 5.80. The molecule has 130 valence electrons. The standard InChI is InChI=1S/C21H26N4/c1-22-21(23-16-18-15-17-7-5-6-10-20(17)18)25-13-11-24(12-14-25)19-8-3-2-4-9-19/h2-10,18H,11-16H2,1H3,(H,22,23). The number of hydrogen-bond donors (Lipinski definition) is 1. The molecule has 0 radical (unpaired) electrons. The SMILES string of the molecule is CN=C(NCC1Cc2ccccc21)N1CCN(c2ccccc2)CC1. The average molecular weight is 334 g/mol. The maximum Gasteiger partial charge on any atom is 0.193 e. The Balaban J connectivity index is 1.30. The minimum absolute atomic E-state index is 0.624. The molecule has 1 N–H and O–H groups in total. The van der Waals surface area contributed by atoms with Gasteiger partial charge in [-0.15, -0.1) is 0 Å². The third-order valence-corrected chi connectivity index (χ3v) is 5.38. The van der Waals surface area contributed by atoms with Gasteiger partial charge in [0, 0.05) is 51.4 Å². The summed E-state index contributed by atoms with van der Waals surface area (Å²) in [5, 5.41) is 3.59. The number of fused-ring (bicyclic) bond motifs is 1. The van der Waals surface area contributed by atoms with E-state index < -0.39 is 0 Å². The lowest BCUT2D eigenvalue weighted by Gasteiger charge is -2.38. The van der Waals surface area contributed by atoms with Gasteiger partial charge < -0.3 is 15.1 Å². The van der Waals surface area contributed by atoms with Crippen LogP contribution in [0.3, 0.4) is 0 Å².